The topological polar surface area (TPSA) is 36.1 Å². The number of carbonyl (C=O) groups is 1. The van der Waals surface area contributed by atoms with Gasteiger partial charge in [0, 0.05) is 34.4 Å². The van der Waals surface area contributed by atoms with Crippen LogP contribution in [0.25, 0.3) is 10.9 Å². The van der Waals surface area contributed by atoms with Crippen LogP contribution in [0.1, 0.15) is 17.3 Å². The minimum Gasteiger partial charge on any atom is -0.360 e. The van der Waals surface area contributed by atoms with Crippen LogP contribution in [0.3, 0.4) is 0 Å². The van der Waals surface area contributed by atoms with Crippen molar-refractivity contribution in [1.29, 1.82) is 0 Å². The van der Waals surface area contributed by atoms with E-state index in [1.165, 1.54) is 0 Å². The first-order chi connectivity index (χ1) is 10.2. The maximum atomic E-state index is 12.8. The van der Waals surface area contributed by atoms with Crippen molar-refractivity contribution in [3.63, 3.8) is 0 Å². The van der Waals surface area contributed by atoms with Gasteiger partial charge >= 0.3 is 0 Å². The highest BCUT2D eigenvalue weighted by molar-refractivity contribution is 6.31. The number of hydrogen-bond acceptors (Lipinski definition) is 1. The van der Waals surface area contributed by atoms with Gasteiger partial charge in [-0.1, -0.05) is 29.8 Å². The van der Waals surface area contributed by atoms with Crippen LogP contribution in [-0.4, -0.2) is 17.4 Å². The number of aromatic nitrogens is 1. The lowest BCUT2D eigenvalue weighted by molar-refractivity contribution is 0.0990. The summed E-state index contributed by atoms with van der Waals surface area (Å²) in [6, 6.07) is 15.2. The SMILES string of the molecule is CCN(C(=O)c1c[nH]c2ccc(Cl)cc12)c1ccccc1. The molecule has 0 unspecified atom stereocenters. The molecule has 3 rings (SSSR count). The maximum absolute atomic E-state index is 12.8. The Hall–Kier alpha value is -2.26. The Labute approximate surface area is 128 Å². The van der Waals surface area contributed by atoms with Gasteiger partial charge in [0.2, 0.25) is 0 Å². The zero-order valence-electron chi connectivity index (χ0n) is 11.6. The van der Waals surface area contributed by atoms with Crippen molar-refractivity contribution in [1.82, 2.24) is 4.98 Å². The van der Waals surface area contributed by atoms with E-state index >= 15 is 0 Å². The molecule has 0 saturated heterocycles. The Kier molecular flexibility index (Phi) is 3.67. The molecule has 1 aromatic heterocycles. The number of para-hydroxylation sites is 1. The molecule has 0 saturated carbocycles. The number of halogens is 1. The minimum atomic E-state index is -0.0304. The highest BCUT2D eigenvalue weighted by atomic mass is 35.5. The summed E-state index contributed by atoms with van der Waals surface area (Å²) in [5.74, 6) is -0.0304. The number of amides is 1. The number of anilines is 1. The summed E-state index contributed by atoms with van der Waals surface area (Å²) in [6.45, 7) is 2.57. The van der Waals surface area contributed by atoms with Gasteiger partial charge < -0.3 is 9.88 Å². The van der Waals surface area contributed by atoms with Crippen molar-refractivity contribution in [2.45, 2.75) is 6.92 Å². The highest BCUT2D eigenvalue weighted by Crippen LogP contribution is 2.25. The summed E-state index contributed by atoms with van der Waals surface area (Å²) in [4.78, 5) is 17.7. The van der Waals surface area contributed by atoms with Crippen molar-refractivity contribution < 1.29 is 4.79 Å². The first-order valence-electron chi connectivity index (χ1n) is 6.84. The molecule has 0 bridgehead atoms. The molecule has 0 atom stereocenters. The molecule has 0 fully saturated rings. The smallest absolute Gasteiger partial charge is 0.260 e. The second kappa shape index (κ2) is 5.62. The Morgan fingerprint density at radius 3 is 2.67 bits per heavy atom. The highest BCUT2D eigenvalue weighted by Gasteiger charge is 2.19. The van der Waals surface area contributed by atoms with Crippen molar-refractivity contribution in [3.8, 4) is 0 Å². The summed E-state index contributed by atoms with van der Waals surface area (Å²) in [5.41, 5.74) is 2.44. The lowest BCUT2D eigenvalue weighted by Crippen LogP contribution is -2.30. The van der Waals surface area contributed by atoms with Gasteiger partial charge in [0.25, 0.3) is 5.91 Å². The van der Waals surface area contributed by atoms with Crippen LogP contribution in [-0.2, 0) is 0 Å². The average Bonchev–Trinajstić information content (AvgIpc) is 2.92. The van der Waals surface area contributed by atoms with Gasteiger partial charge in [0.15, 0.2) is 0 Å². The van der Waals surface area contributed by atoms with Crippen LogP contribution >= 0.6 is 11.6 Å². The molecular formula is C17H15ClN2O. The zero-order valence-corrected chi connectivity index (χ0v) is 12.4. The second-order valence-corrected chi connectivity index (χ2v) is 5.21. The number of hydrogen-bond donors (Lipinski definition) is 1. The van der Waals surface area contributed by atoms with Crippen molar-refractivity contribution in [2.75, 3.05) is 11.4 Å². The largest absolute Gasteiger partial charge is 0.360 e. The molecule has 0 aliphatic carbocycles. The van der Waals surface area contributed by atoms with Crippen LogP contribution in [0, 0.1) is 0 Å². The number of aromatic amines is 1. The van der Waals surface area contributed by atoms with Crippen LogP contribution in [0.5, 0.6) is 0 Å². The Morgan fingerprint density at radius 2 is 1.95 bits per heavy atom. The van der Waals surface area contributed by atoms with E-state index < -0.39 is 0 Å². The Morgan fingerprint density at radius 1 is 1.19 bits per heavy atom. The molecule has 2 aromatic carbocycles. The van der Waals surface area contributed by atoms with Gasteiger partial charge in [0.1, 0.15) is 0 Å². The number of carbonyl (C=O) groups excluding carboxylic acids is 1. The summed E-state index contributed by atoms with van der Waals surface area (Å²) in [6.07, 6.45) is 1.74. The maximum Gasteiger partial charge on any atom is 0.260 e. The molecule has 3 aromatic rings. The van der Waals surface area contributed by atoms with E-state index in [-0.39, 0.29) is 5.91 Å². The Balaban J connectivity index is 2.05. The first kappa shape index (κ1) is 13.7. The summed E-state index contributed by atoms with van der Waals surface area (Å²) in [5, 5.41) is 1.47. The second-order valence-electron chi connectivity index (χ2n) is 4.78. The van der Waals surface area contributed by atoms with E-state index in [2.05, 4.69) is 4.98 Å². The number of H-pyrrole nitrogens is 1. The third kappa shape index (κ3) is 2.52. The van der Waals surface area contributed by atoms with E-state index in [0.29, 0.717) is 17.1 Å². The lowest BCUT2D eigenvalue weighted by Gasteiger charge is -2.20. The van der Waals surface area contributed by atoms with Gasteiger partial charge in [-0.3, -0.25) is 4.79 Å². The standard InChI is InChI=1S/C17H15ClN2O/c1-2-20(13-6-4-3-5-7-13)17(21)15-11-19-16-9-8-12(18)10-14(15)16/h3-11,19H,2H2,1H3. The molecule has 4 heteroatoms. The number of rotatable bonds is 3. The van der Waals surface area contributed by atoms with E-state index in [9.17, 15) is 4.79 Å². The van der Waals surface area contributed by atoms with Crippen LogP contribution < -0.4 is 4.90 Å². The summed E-state index contributed by atoms with van der Waals surface area (Å²) >= 11 is 6.04. The number of nitrogens with zero attached hydrogens (tertiary/aromatic N) is 1. The van der Waals surface area contributed by atoms with E-state index in [0.717, 1.165) is 16.6 Å². The van der Waals surface area contributed by atoms with Crippen LogP contribution in [0.4, 0.5) is 5.69 Å². The molecule has 0 radical (unpaired) electrons. The molecule has 3 nitrogen and oxygen atoms in total. The van der Waals surface area contributed by atoms with E-state index in [4.69, 9.17) is 11.6 Å². The predicted octanol–water partition coefficient (Wildman–Crippen LogP) is 4.49. The van der Waals surface area contributed by atoms with Crippen molar-refractivity contribution >= 4 is 34.1 Å². The molecule has 0 aliphatic heterocycles. The Bertz CT molecular complexity index is 780. The molecule has 1 N–H and O–H groups in total. The van der Waals surface area contributed by atoms with Gasteiger partial charge in [-0.05, 0) is 37.3 Å². The lowest BCUT2D eigenvalue weighted by atomic mass is 10.1. The monoisotopic (exact) mass is 298 g/mol. The van der Waals surface area contributed by atoms with Crippen molar-refractivity contribution in [3.05, 3.63) is 65.3 Å². The summed E-state index contributed by atoms with van der Waals surface area (Å²) < 4.78 is 0. The van der Waals surface area contributed by atoms with Crippen LogP contribution in [0.15, 0.2) is 54.7 Å². The summed E-state index contributed by atoms with van der Waals surface area (Å²) in [7, 11) is 0. The quantitative estimate of drug-likeness (QED) is 0.760. The van der Waals surface area contributed by atoms with E-state index in [1.54, 1.807) is 11.1 Å². The first-order valence-corrected chi connectivity index (χ1v) is 7.22. The van der Waals surface area contributed by atoms with Gasteiger partial charge in [0.05, 0.1) is 5.56 Å². The van der Waals surface area contributed by atoms with Crippen LogP contribution in [0.2, 0.25) is 5.02 Å². The van der Waals surface area contributed by atoms with Gasteiger partial charge in [-0.2, -0.15) is 0 Å². The minimum absolute atomic E-state index is 0.0304. The van der Waals surface area contributed by atoms with Gasteiger partial charge in [-0.15, -0.1) is 0 Å². The molecular weight excluding hydrogens is 284 g/mol. The molecule has 21 heavy (non-hydrogen) atoms. The van der Waals surface area contributed by atoms with E-state index in [1.807, 2.05) is 55.5 Å². The van der Waals surface area contributed by atoms with Gasteiger partial charge in [-0.25, -0.2) is 0 Å². The number of benzene rings is 2. The molecule has 0 spiro atoms. The fourth-order valence-corrected chi connectivity index (χ4v) is 2.64. The molecule has 0 aliphatic rings. The number of fused-ring (bicyclic) bond motifs is 1. The molecule has 1 heterocycles. The normalized spacial score (nSPS) is 10.8. The fourth-order valence-electron chi connectivity index (χ4n) is 2.47. The third-order valence-electron chi connectivity index (χ3n) is 3.50. The van der Waals surface area contributed by atoms with Crippen molar-refractivity contribution in [2.24, 2.45) is 0 Å². The molecule has 1 amide bonds. The zero-order chi connectivity index (χ0) is 14.8. The average molecular weight is 299 g/mol. The third-order valence-corrected chi connectivity index (χ3v) is 3.74. The molecule has 106 valence electrons. The fraction of sp³-hybridized carbons (Fsp3) is 0.118. The predicted molar refractivity (Wildman–Crippen MR) is 87.1 cm³/mol. The number of nitrogens with one attached hydrogen (secondary N) is 1.